The first kappa shape index (κ1) is 21.4. The summed E-state index contributed by atoms with van der Waals surface area (Å²) in [5, 5.41) is 0. The van der Waals surface area contributed by atoms with Gasteiger partial charge >= 0.3 is 12.1 Å². The van der Waals surface area contributed by atoms with Gasteiger partial charge in [-0.1, -0.05) is 0 Å². The van der Waals surface area contributed by atoms with E-state index >= 15 is 0 Å². The Morgan fingerprint density at radius 2 is 1.72 bits per heavy atom. The van der Waals surface area contributed by atoms with E-state index < -0.39 is 5.60 Å². The third kappa shape index (κ3) is 7.86. The molecule has 0 N–H and O–H groups in total. The maximum absolute atomic E-state index is 12.1. The van der Waals surface area contributed by atoms with Crippen LogP contribution in [0.15, 0.2) is 0 Å². The molecule has 1 saturated carbocycles. The number of likely N-dealkylation sites (N-methyl/N-ethyl adjacent to an activating group) is 1. The van der Waals surface area contributed by atoms with Crippen molar-refractivity contribution in [2.75, 3.05) is 33.8 Å². The molecule has 0 aliphatic heterocycles. The van der Waals surface area contributed by atoms with Crippen molar-refractivity contribution in [1.29, 1.82) is 0 Å². The summed E-state index contributed by atoms with van der Waals surface area (Å²) in [5.74, 6) is -0.168. The highest BCUT2D eigenvalue weighted by Crippen LogP contribution is 2.26. The molecule has 144 valence electrons. The predicted molar refractivity (Wildman–Crippen MR) is 94.3 cm³/mol. The van der Waals surface area contributed by atoms with Gasteiger partial charge in [0.2, 0.25) is 0 Å². The third-order valence-corrected chi connectivity index (χ3v) is 4.44. The van der Waals surface area contributed by atoms with Crippen LogP contribution < -0.4 is 0 Å². The first-order chi connectivity index (χ1) is 11.7. The molecular weight excluding hydrogens is 324 g/mol. The van der Waals surface area contributed by atoms with E-state index in [4.69, 9.17) is 9.47 Å². The van der Waals surface area contributed by atoms with Crippen LogP contribution in [0.5, 0.6) is 0 Å². The lowest BCUT2D eigenvalue weighted by Gasteiger charge is -2.36. The second kappa shape index (κ2) is 9.75. The maximum atomic E-state index is 12.1. The lowest BCUT2D eigenvalue weighted by molar-refractivity contribution is -0.143. The molecule has 0 heterocycles. The fraction of sp³-hybridized carbons (Fsp3) is 0.833. The van der Waals surface area contributed by atoms with Crippen molar-refractivity contribution in [3.63, 3.8) is 0 Å². The molecule has 7 nitrogen and oxygen atoms in total. The van der Waals surface area contributed by atoms with Crippen molar-refractivity contribution >= 4 is 18.3 Å². The van der Waals surface area contributed by atoms with Crippen molar-refractivity contribution in [2.45, 2.75) is 58.1 Å². The molecule has 0 saturated heterocycles. The van der Waals surface area contributed by atoms with Crippen LogP contribution in [0.3, 0.4) is 0 Å². The molecule has 0 aromatic carbocycles. The lowest BCUT2D eigenvalue weighted by Crippen LogP contribution is -2.46. The number of hydrogen-bond donors (Lipinski definition) is 0. The van der Waals surface area contributed by atoms with Crippen LogP contribution in [-0.2, 0) is 19.1 Å². The van der Waals surface area contributed by atoms with Crippen LogP contribution in [0.25, 0.3) is 0 Å². The number of aldehydes is 1. The molecule has 0 aromatic rings. The van der Waals surface area contributed by atoms with Crippen molar-refractivity contribution in [3.05, 3.63) is 0 Å². The van der Waals surface area contributed by atoms with Crippen LogP contribution in [0.1, 0.15) is 46.5 Å². The first-order valence-corrected chi connectivity index (χ1v) is 8.86. The second-order valence-electron chi connectivity index (χ2n) is 7.65. The molecule has 0 bridgehead atoms. The van der Waals surface area contributed by atoms with Gasteiger partial charge in [0.15, 0.2) is 0 Å². The fourth-order valence-electron chi connectivity index (χ4n) is 2.93. The number of esters is 1. The highest BCUT2D eigenvalue weighted by molar-refractivity contribution is 5.71. The minimum Gasteiger partial charge on any atom is -0.468 e. The molecule has 7 heteroatoms. The molecule has 1 amide bonds. The lowest BCUT2D eigenvalue weighted by atomic mass is 9.86. The molecule has 0 radical (unpaired) electrons. The SMILES string of the molecule is COC(=O)CN(CCN(C)C(=O)OC(C)(C)C)C1CCC(C=O)CC1. The highest BCUT2D eigenvalue weighted by atomic mass is 16.6. The summed E-state index contributed by atoms with van der Waals surface area (Å²) < 4.78 is 10.1. The van der Waals surface area contributed by atoms with Gasteiger partial charge in [-0.15, -0.1) is 0 Å². The molecule has 0 aromatic heterocycles. The van der Waals surface area contributed by atoms with Crippen LogP contribution in [0.2, 0.25) is 0 Å². The van der Waals surface area contributed by atoms with Gasteiger partial charge in [0.1, 0.15) is 11.9 Å². The third-order valence-electron chi connectivity index (χ3n) is 4.44. The quantitative estimate of drug-likeness (QED) is 0.513. The number of ether oxygens (including phenoxy) is 2. The molecule has 0 spiro atoms. The fourth-order valence-corrected chi connectivity index (χ4v) is 2.93. The summed E-state index contributed by atoms with van der Waals surface area (Å²) in [6, 6.07) is 0.224. The number of rotatable bonds is 7. The van der Waals surface area contributed by atoms with Gasteiger partial charge < -0.3 is 19.2 Å². The summed E-state index contributed by atoms with van der Waals surface area (Å²) in [7, 11) is 3.06. The Hall–Kier alpha value is -1.63. The zero-order valence-electron chi connectivity index (χ0n) is 16.1. The van der Waals surface area contributed by atoms with Crippen LogP contribution >= 0.6 is 0 Å². The second-order valence-corrected chi connectivity index (χ2v) is 7.65. The molecule has 1 fully saturated rings. The molecule has 1 aliphatic carbocycles. The van der Waals surface area contributed by atoms with E-state index in [9.17, 15) is 14.4 Å². The van der Waals surface area contributed by atoms with Gasteiger partial charge in [-0.05, 0) is 46.5 Å². The average Bonchev–Trinajstić information content (AvgIpc) is 2.56. The largest absolute Gasteiger partial charge is 0.468 e. The Balaban J connectivity index is 2.60. The topological polar surface area (TPSA) is 76.2 Å². The standard InChI is InChI=1S/C18H32N2O5/c1-18(2,3)25-17(23)19(4)10-11-20(12-16(22)24-5)15-8-6-14(13-21)7-9-15/h13-15H,6-12H2,1-5H3. The van der Waals surface area contributed by atoms with Gasteiger partial charge in [-0.2, -0.15) is 0 Å². The Kier molecular flexibility index (Phi) is 8.35. The van der Waals surface area contributed by atoms with Crippen LogP contribution in [-0.4, -0.2) is 73.6 Å². The van der Waals surface area contributed by atoms with E-state index in [0.29, 0.717) is 13.1 Å². The molecule has 25 heavy (non-hydrogen) atoms. The number of methoxy groups -OCH3 is 1. The maximum Gasteiger partial charge on any atom is 0.410 e. The normalized spacial score (nSPS) is 20.9. The van der Waals surface area contributed by atoms with E-state index in [0.717, 1.165) is 32.0 Å². The summed E-state index contributed by atoms with van der Waals surface area (Å²) in [5.41, 5.74) is -0.537. The Morgan fingerprint density at radius 3 is 2.20 bits per heavy atom. The summed E-state index contributed by atoms with van der Waals surface area (Å²) in [6.45, 7) is 6.69. The van der Waals surface area contributed by atoms with Crippen LogP contribution in [0.4, 0.5) is 4.79 Å². The van der Waals surface area contributed by atoms with Crippen LogP contribution in [0, 0.1) is 5.92 Å². The molecule has 1 rings (SSSR count). The van der Waals surface area contributed by atoms with Gasteiger partial charge in [0.05, 0.1) is 13.7 Å². The number of carbonyl (C=O) groups excluding carboxylic acids is 3. The zero-order chi connectivity index (χ0) is 19.0. The number of hydrogen-bond acceptors (Lipinski definition) is 6. The Morgan fingerprint density at radius 1 is 1.12 bits per heavy atom. The minimum absolute atomic E-state index is 0.126. The van der Waals surface area contributed by atoms with Gasteiger partial charge in [-0.3, -0.25) is 9.69 Å². The monoisotopic (exact) mass is 356 g/mol. The predicted octanol–water partition coefficient (Wildman–Crippen LogP) is 2.09. The van der Waals surface area contributed by atoms with E-state index in [2.05, 4.69) is 0 Å². The minimum atomic E-state index is -0.537. The molecule has 0 unspecified atom stereocenters. The Bertz CT molecular complexity index is 453. The summed E-state index contributed by atoms with van der Waals surface area (Å²) in [4.78, 5) is 38.3. The van der Waals surface area contributed by atoms with Crippen molar-refractivity contribution in [3.8, 4) is 0 Å². The average molecular weight is 356 g/mol. The molecule has 1 aliphatic rings. The van der Waals surface area contributed by atoms with E-state index in [1.165, 1.54) is 12.0 Å². The van der Waals surface area contributed by atoms with Crippen molar-refractivity contribution in [1.82, 2.24) is 9.80 Å². The molecule has 0 atom stereocenters. The van der Waals surface area contributed by atoms with Crippen molar-refractivity contribution in [2.24, 2.45) is 5.92 Å². The van der Waals surface area contributed by atoms with E-state index in [1.54, 1.807) is 7.05 Å². The smallest absolute Gasteiger partial charge is 0.410 e. The molecular formula is C18H32N2O5. The number of nitrogens with zero attached hydrogens (tertiary/aromatic N) is 2. The van der Waals surface area contributed by atoms with E-state index in [-0.39, 0.29) is 30.6 Å². The van der Waals surface area contributed by atoms with E-state index in [1.807, 2.05) is 25.7 Å². The number of amides is 1. The summed E-state index contributed by atoms with van der Waals surface area (Å²) in [6.07, 6.45) is 4.07. The summed E-state index contributed by atoms with van der Waals surface area (Å²) >= 11 is 0. The van der Waals surface area contributed by atoms with Crippen molar-refractivity contribution < 1.29 is 23.9 Å². The Labute approximate surface area is 150 Å². The highest BCUT2D eigenvalue weighted by Gasteiger charge is 2.28. The van der Waals surface area contributed by atoms with Gasteiger partial charge in [0.25, 0.3) is 0 Å². The number of carbonyl (C=O) groups is 3. The first-order valence-electron chi connectivity index (χ1n) is 8.86. The van der Waals surface area contributed by atoms with Gasteiger partial charge in [0, 0.05) is 32.1 Å². The zero-order valence-corrected chi connectivity index (χ0v) is 16.1. The van der Waals surface area contributed by atoms with Gasteiger partial charge in [-0.25, -0.2) is 4.79 Å².